The van der Waals surface area contributed by atoms with Crippen molar-refractivity contribution in [2.75, 3.05) is 36.4 Å². The van der Waals surface area contributed by atoms with Gasteiger partial charge in [-0.05, 0) is 23.3 Å². The second kappa shape index (κ2) is 10.4. The van der Waals surface area contributed by atoms with Crippen LogP contribution in [0.1, 0.15) is 22.9 Å². The Hall–Kier alpha value is -4.17. The van der Waals surface area contributed by atoms with Crippen molar-refractivity contribution in [2.45, 2.75) is 12.6 Å². The van der Waals surface area contributed by atoms with Gasteiger partial charge in [-0.3, -0.25) is 15.0 Å². The minimum Gasteiger partial charge on any atom is -0.369 e. The Bertz CT molecular complexity index is 1200. The van der Waals surface area contributed by atoms with E-state index in [0.29, 0.717) is 5.69 Å². The predicted molar refractivity (Wildman–Crippen MR) is 135 cm³/mol. The molecule has 2 heterocycles. The number of hydrogen-bond acceptors (Lipinski definition) is 7. The zero-order chi connectivity index (χ0) is 24.0. The lowest BCUT2D eigenvalue weighted by Gasteiger charge is -2.36. The second-order valence-electron chi connectivity index (χ2n) is 8.61. The number of hydrogen-bond donors (Lipinski definition) is 1. The van der Waals surface area contributed by atoms with Gasteiger partial charge in [0.1, 0.15) is 12.0 Å². The Labute approximate surface area is 203 Å². The van der Waals surface area contributed by atoms with Crippen molar-refractivity contribution >= 4 is 17.1 Å². The van der Waals surface area contributed by atoms with Crippen LogP contribution in [-0.2, 0) is 6.54 Å². The summed E-state index contributed by atoms with van der Waals surface area (Å²) in [5.74, 6) is 0. The van der Waals surface area contributed by atoms with E-state index in [4.69, 9.17) is 4.52 Å². The molecule has 0 spiro atoms. The van der Waals surface area contributed by atoms with Gasteiger partial charge in [-0.2, -0.15) is 0 Å². The first-order valence-electron chi connectivity index (χ1n) is 11.7. The molecule has 0 radical (unpaired) electrons. The molecule has 0 saturated carbocycles. The van der Waals surface area contributed by atoms with Crippen LogP contribution in [0.3, 0.4) is 0 Å². The summed E-state index contributed by atoms with van der Waals surface area (Å²) in [5.41, 5.74) is 4.55. The minimum atomic E-state index is -0.324. The van der Waals surface area contributed by atoms with Gasteiger partial charge < -0.3 is 14.7 Å². The number of aromatic nitrogens is 1. The number of nitro benzene ring substituents is 1. The number of anilines is 2. The number of piperazine rings is 1. The van der Waals surface area contributed by atoms with Crippen molar-refractivity contribution in [3.63, 3.8) is 0 Å². The molecule has 178 valence electrons. The van der Waals surface area contributed by atoms with E-state index in [1.54, 1.807) is 12.3 Å². The first-order valence-corrected chi connectivity index (χ1v) is 11.7. The highest BCUT2D eigenvalue weighted by Crippen LogP contribution is 2.35. The van der Waals surface area contributed by atoms with Gasteiger partial charge >= 0.3 is 0 Å². The van der Waals surface area contributed by atoms with Crippen LogP contribution < -0.4 is 10.2 Å². The van der Waals surface area contributed by atoms with Gasteiger partial charge in [0, 0.05) is 50.5 Å². The summed E-state index contributed by atoms with van der Waals surface area (Å²) in [6.45, 7) is 4.17. The fourth-order valence-electron chi connectivity index (χ4n) is 4.51. The monoisotopic (exact) mass is 469 g/mol. The Kier molecular flexibility index (Phi) is 6.72. The highest BCUT2D eigenvalue weighted by molar-refractivity contribution is 5.70. The molecule has 5 rings (SSSR count). The van der Waals surface area contributed by atoms with Crippen molar-refractivity contribution in [3.8, 4) is 0 Å². The fourth-order valence-corrected chi connectivity index (χ4v) is 4.51. The summed E-state index contributed by atoms with van der Waals surface area (Å²) in [7, 11) is 0. The van der Waals surface area contributed by atoms with Gasteiger partial charge in [0.25, 0.3) is 5.69 Å². The van der Waals surface area contributed by atoms with Crippen molar-refractivity contribution in [1.82, 2.24) is 10.1 Å². The largest absolute Gasteiger partial charge is 0.369 e. The average molecular weight is 470 g/mol. The van der Waals surface area contributed by atoms with Crippen molar-refractivity contribution in [3.05, 3.63) is 118 Å². The van der Waals surface area contributed by atoms with Crippen LogP contribution in [0.4, 0.5) is 17.1 Å². The highest BCUT2D eigenvalue weighted by Gasteiger charge is 2.23. The SMILES string of the molecule is O=[N+]([O-])c1ccc(N2CCN(Cc3ccon3)CC2)cc1NC(c1ccccc1)c1ccccc1. The molecule has 0 atom stereocenters. The standard InChI is InChI=1S/C27H27N5O3/c33-32(34)26-12-11-24(31-16-14-30(15-17-31)20-23-13-18-35-29-23)19-25(26)28-27(21-7-3-1-4-8-21)22-9-5-2-6-10-22/h1-13,18-19,27-28H,14-17,20H2. The molecule has 1 aromatic heterocycles. The van der Waals surface area contributed by atoms with E-state index in [1.165, 1.54) is 0 Å². The smallest absolute Gasteiger partial charge is 0.292 e. The summed E-state index contributed by atoms with van der Waals surface area (Å²) < 4.78 is 4.94. The summed E-state index contributed by atoms with van der Waals surface area (Å²) in [6, 6.07) is 27.0. The van der Waals surface area contributed by atoms with Gasteiger partial charge in [-0.25, -0.2) is 0 Å². The Morgan fingerprint density at radius 2 is 1.57 bits per heavy atom. The number of nitrogens with one attached hydrogen (secondary N) is 1. The van der Waals surface area contributed by atoms with Gasteiger partial charge in [-0.1, -0.05) is 65.8 Å². The van der Waals surface area contributed by atoms with Crippen molar-refractivity contribution in [1.29, 1.82) is 0 Å². The molecule has 1 aliphatic rings. The van der Waals surface area contributed by atoms with Crippen LogP contribution in [0.2, 0.25) is 0 Å². The molecule has 8 nitrogen and oxygen atoms in total. The first kappa shape index (κ1) is 22.6. The Balaban J connectivity index is 1.39. The second-order valence-corrected chi connectivity index (χ2v) is 8.61. The molecule has 0 aliphatic carbocycles. The van der Waals surface area contributed by atoms with E-state index in [2.05, 4.69) is 20.3 Å². The first-order chi connectivity index (χ1) is 17.2. The van der Waals surface area contributed by atoms with E-state index in [1.807, 2.05) is 78.9 Å². The van der Waals surface area contributed by atoms with E-state index >= 15 is 0 Å². The fraction of sp³-hybridized carbons (Fsp3) is 0.222. The third kappa shape index (κ3) is 5.33. The van der Waals surface area contributed by atoms with Crippen LogP contribution in [0, 0.1) is 10.1 Å². The van der Waals surface area contributed by atoms with Crippen LogP contribution in [0.5, 0.6) is 0 Å². The van der Waals surface area contributed by atoms with E-state index in [0.717, 1.165) is 55.2 Å². The third-order valence-electron chi connectivity index (χ3n) is 6.36. The van der Waals surface area contributed by atoms with Crippen LogP contribution in [0.15, 0.2) is 95.7 Å². The summed E-state index contributed by atoms with van der Waals surface area (Å²) in [6.07, 6.45) is 1.59. The maximum atomic E-state index is 11.9. The number of nitrogens with zero attached hydrogens (tertiary/aromatic N) is 4. The number of rotatable bonds is 8. The van der Waals surface area contributed by atoms with Crippen molar-refractivity contribution < 1.29 is 9.45 Å². The topological polar surface area (TPSA) is 87.7 Å². The maximum Gasteiger partial charge on any atom is 0.292 e. The summed E-state index contributed by atoms with van der Waals surface area (Å²) in [4.78, 5) is 16.2. The molecule has 0 unspecified atom stereocenters. The molecule has 1 saturated heterocycles. The lowest BCUT2D eigenvalue weighted by Crippen LogP contribution is -2.46. The Morgan fingerprint density at radius 3 is 2.14 bits per heavy atom. The molecule has 0 amide bonds. The highest BCUT2D eigenvalue weighted by atomic mass is 16.6. The zero-order valence-corrected chi connectivity index (χ0v) is 19.3. The van der Waals surface area contributed by atoms with Gasteiger partial charge in [0.05, 0.1) is 16.7 Å². The van der Waals surface area contributed by atoms with Gasteiger partial charge in [-0.15, -0.1) is 0 Å². The third-order valence-corrected chi connectivity index (χ3v) is 6.36. The predicted octanol–water partition coefficient (Wildman–Crippen LogP) is 5.11. The lowest BCUT2D eigenvalue weighted by molar-refractivity contribution is -0.384. The lowest BCUT2D eigenvalue weighted by atomic mass is 9.98. The molecular formula is C27H27N5O3. The van der Waals surface area contributed by atoms with Crippen molar-refractivity contribution in [2.24, 2.45) is 0 Å². The quantitative estimate of drug-likeness (QED) is 0.283. The molecule has 8 heteroatoms. The number of benzene rings is 3. The molecule has 1 aliphatic heterocycles. The maximum absolute atomic E-state index is 11.9. The summed E-state index contributed by atoms with van der Waals surface area (Å²) >= 11 is 0. The van der Waals surface area contributed by atoms with Crippen LogP contribution >= 0.6 is 0 Å². The van der Waals surface area contributed by atoms with Gasteiger partial charge in [0.2, 0.25) is 0 Å². The molecule has 3 aromatic carbocycles. The zero-order valence-electron chi connectivity index (χ0n) is 19.3. The van der Waals surface area contributed by atoms with E-state index in [9.17, 15) is 10.1 Å². The molecule has 0 bridgehead atoms. The Morgan fingerprint density at radius 1 is 0.914 bits per heavy atom. The average Bonchev–Trinajstić information content (AvgIpc) is 3.41. The van der Waals surface area contributed by atoms with Crippen LogP contribution in [-0.4, -0.2) is 41.2 Å². The van der Waals surface area contributed by atoms with E-state index < -0.39 is 0 Å². The normalized spacial score (nSPS) is 14.3. The van der Waals surface area contributed by atoms with E-state index in [-0.39, 0.29) is 16.7 Å². The minimum absolute atomic E-state index is 0.0651. The molecule has 35 heavy (non-hydrogen) atoms. The molecule has 1 fully saturated rings. The van der Waals surface area contributed by atoms with Crippen LogP contribution in [0.25, 0.3) is 0 Å². The molecule has 4 aromatic rings. The molecule has 1 N–H and O–H groups in total. The number of nitro groups is 1. The summed E-state index contributed by atoms with van der Waals surface area (Å²) in [5, 5.41) is 19.4. The van der Waals surface area contributed by atoms with Gasteiger partial charge in [0.15, 0.2) is 0 Å². The molecular weight excluding hydrogens is 442 g/mol.